The van der Waals surface area contributed by atoms with Crippen molar-refractivity contribution in [2.24, 2.45) is 0 Å². The molecule has 0 aliphatic heterocycles. The van der Waals surface area contributed by atoms with E-state index in [2.05, 4.69) is 10.0 Å². The highest BCUT2D eigenvalue weighted by atomic mass is 35.5. The molecule has 0 aliphatic rings. The summed E-state index contributed by atoms with van der Waals surface area (Å²) in [4.78, 5) is 12.6. The zero-order chi connectivity index (χ0) is 21.9. The second-order valence-corrected chi connectivity index (χ2v) is 9.09. The molecule has 3 aromatic carbocycles. The number of carbonyl (C=O) groups excluding carboxylic acids is 1. The van der Waals surface area contributed by atoms with Crippen molar-refractivity contribution in [3.05, 3.63) is 87.9 Å². The lowest BCUT2D eigenvalue weighted by atomic mass is 10.1. The van der Waals surface area contributed by atoms with E-state index >= 15 is 0 Å². The van der Waals surface area contributed by atoms with Crippen molar-refractivity contribution in [2.75, 3.05) is 10.0 Å². The number of nitrogens with one attached hydrogen (secondary N) is 2. The highest BCUT2D eigenvalue weighted by Gasteiger charge is 2.21. The van der Waals surface area contributed by atoms with Gasteiger partial charge in [-0.3, -0.25) is 9.52 Å². The first-order valence-corrected chi connectivity index (χ1v) is 11.4. The van der Waals surface area contributed by atoms with Crippen LogP contribution in [0.2, 0.25) is 5.02 Å². The van der Waals surface area contributed by atoms with Crippen LogP contribution in [0, 0.1) is 13.8 Å². The summed E-state index contributed by atoms with van der Waals surface area (Å²) >= 11 is 6.18. The third kappa shape index (κ3) is 4.83. The average Bonchev–Trinajstić information content (AvgIpc) is 2.71. The first-order valence-electron chi connectivity index (χ1n) is 9.50. The zero-order valence-corrected chi connectivity index (χ0v) is 18.6. The fourth-order valence-corrected chi connectivity index (χ4v) is 4.69. The van der Waals surface area contributed by atoms with Crippen molar-refractivity contribution in [3.63, 3.8) is 0 Å². The topological polar surface area (TPSA) is 75.3 Å². The van der Waals surface area contributed by atoms with Gasteiger partial charge in [-0.15, -0.1) is 0 Å². The molecule has 2 N–H and O–H groups in total. The number of rotatable bonds is 6. The number of hydrogen-bond acceptors (Lipinski definition) is 3. The Morgan fingerprint density at radius 3 is 2.43 bits per heavy atom. The molecule has 0 bridgehead atoms. The zero-order valence-electron chi connectivity index (χ0n) is 17.0. The number of para-hydroxylation sites is 1. The predicted octanol–water partition coefficient (Wildman–Crippen LogP) is 5.57. The molecule has 0 spiro atoms. The normalized spacial score (nSPS) is 11.2. The summed E-state index contributed by atoms with van der Waals surface area (Å²) in [5.41, 5.74) is 4.06. The number of aryl methyl sites for hydroxylation is 3. The van der Waals surface area contributed by atoms with Gasteiger partial charge in [-0.25, -0.2) is 8.42 Å². The lowest BCUT2D eigenvalue weighted by Crippen LogP contribution is -2.17. The largest absolute Gasteiger partial charge is 0.322 e. The molecule has 0 atom stereocenters. The molecule has 7 heteroatoms. The molecule has 0 radical (unpaired) electrons. The summed E-state index contributed by atoms with van der Waals surface area (Å²) in [5, 5.41) is 2.89. The average molecular weight is 443 g/mol. The number of halogens is 1. The van der Waals surface area contributed by atoms with Crippen molar-refractivity contribution in [3.8, 4) is 0 Å². The Balaban J connectivity index is 1.92. The molecular weight excluding hydrogens is 420 g/mol. The van der Waals surface area contributed by atoms with Gasteiger partial charge in [0.1, 0.15) is 4.90 Å². The van der Waals surface area contributed by atoms with E-state index in [1.165, 1.54) is 18.2 Å². The monoisotopic (exact) mass is 442 g/mol. The van der Waals surface area contributed by atoms with Gasteiger partial charge in [0, 0.05) is 11.3 Å². The van der Waals surface area contributed by atoms with Crippen LogP contribution in [-0.4, -0.2) is 14.3 Å². The summed E-state index contributed by atoms with van der Waals surface area (Å²) in [6.07, 6.45) is 0.760. The predicted molar refractivity (Wildman–Crippen MR) is 122 cm³/mol. The van der Waals surface area contributed by atoms with Gasteiger partial charge in [0.25, 0.3) is 15.9 Å². The van der Waals surface area contributed by atoms with Gasteiger partial charge < -0.3 is 5.32 Å². The first kappa shape index (κ1) is 21.9. The second-order valence-electron chi connectivity index (χ2n) is 7.03. The number of anilines is 2. The van der Waals surface area contributed by atoms with Crippen molar-refractivity contribution in [2.45, 2.75) is 32.1 Å². The van der Waals surface area contributed by atoms with E-state index in [0.717, 1.165) is 23.1 Å². The van der Waals surface area contributed by atoms with Gasteiger partial charge in [-0.1, -0.05) is 48.9 Å². The molecule has 0 fully saturated rings. The minimum atomic E-state index is -3.99. The summed E-state index contributed by atoms with van der Waals surface area (Å²) in [6, 6.07) is 17.2. The minimum absolute atomic E-state index is 0.0401. The molecule has 30 heavy (non-hydrogen) atoms. The van der Waals surface area contributed by atoms with Crippen LogP contribution in [0.25, 0.3) is 0 Å². The summed E-state index contributed by atoms with van der Waals surface area (Å²) in [7, 11) is -3.99. The molecule has 1 amide bonds. The van der Waals surface area contributed by atoms with Crippen molar-refractivity contribution >= 4 is 38.9 Å². The number of amides is 1. The quantitative estimate of drug-likeness (QED) is 0.523. The van der Waals surface area contributed by atoms with Gasteiger partial charge >= 0.3 is 0 Å². The summed E-state index contributed by atoms with van der Waals surface area (Å²) in [6.45, 7) is 5.69. The van der Waals surface area contributed by atoms with E-state index in [-0.39, 0.29) is 15.5 Å². The lowest BCUT2D eigenvalue weighted by molar-refractivity contribution is 0.102. The highest BCUT2D eigenvalue weighted by Crippen LogP contribution is 2.27. The van der Waals surface area contributed by atoms with Crippen LogP contribution in [0.1, 0.15) is 34.0 Å². The summed E-state index contributed by atoms with van der Waals surface area (Å²) in [5.74, 6) is -0.407. The van der Waals surface area contributed by atoms with Crippen molar-refractivity contribution < 1.29 is 13.2 Å². The lowest BCUT2D eigenvalue weighted by Gasteiger charge is -2.14. The maximum atomic E-state index is 13.0. The van der Waals surface area contributed by atoms with E-state index in [1.807, 2.05) is 57.2 Å². The Labute approximate surface area is 182 Å². The van der Waals surface area contributed by atoms with E-state index in [4.69, 9.17) is 11.6 Å². The SMILES string of the molecule is CCc1ccccc1NC(=O)c1ccc(Cl)c(S(=O)(=O)Nc2cc(C)ccc2C)c1. The number of carbonyl (C=O) groups is 1. The Hall–Kier alpha value is -2.83. The van der Waals surface area contributed by atoms with Crippen LogP contribution >= 0.6 is 11.6 Å². The first-order chi connectivity index (χ1) is 14.2. The molecule has 156 valence electrons. The van der Waals surface area contributed by atoms with Gasteiger partial charge in [0.15, 0.2) is 0 Å². The number of sulfonamides is 1. The van der Waals surface area contributed by atoms with E-state index in [9.17, 15) is 13.2 Å². The smallest absolute Gasteiger partial charge is 0.263 e. The third-order valence-corrected chi connectivity index (χ3v) is 6.61. The molecule has 3 rings (SSSR count). The Bertz CT molecular complexity index is 1210. The van der Waals surface area contributed by atoms with Crippen LogP contribution in [0.5, 0.6) is 0 Å². The Morgan fingerprint density at radius 1 is 0.967 bits per heavy atom. The standard InChI is InChI=1S/C23H23ClN2O3S/c1-4-17-7-5-6-8-20(17)25-23(27)18-11-12-19(24)22(14-18)30(28,29)26-21-13-15(2)9-10-16(21)3/h5-14,26H,4H2,1-3H3,(H,25,27). The van der Waals surface area contributed by atoms with Gasteiger partial charge in [0.2, 0.25) is 0 Å². The van der Waals surface area contributed by atoms with Crippen LogP contribution in [0.4, 0.5) is 11.4 Å². The second kappa shape index (κ2) is 8.90. The van der Waals surface area contributed by atoms with Gasteiger partial charge in [-0.2, -0.15) is 0 Å². The summed E-state index contributed by atoms with van der Waals surface area (Å²) < 4.78 is 28.6. The molecule has 5 nitrogen and oxygen atoms in total. The maximum Gasteiger partial charge on any atom is 0.263 e. The van der Waals surface area contributed by atoms with Crippen molar-refractivity contribution in [1.29, 1.82) is 0 Å². The molecule has 0 unspecified atom stereocenters. The van der Waals surface area contributed by atoms with Gasteiger partial charge in [0.05, 0.1) is 10.7 Å². The maximum absolute atomic E-state index is 13.0. The Morgan fingerprint density at radius 2 is 1.70 bits per heavy atom. The van der Waals surface area contributed by atoms with Crippen LogP contribution in [-0.2, 0) is 16.4 Å². The van der Waals surface area contributed by atoms with Crippen LogP contribution < -0.4 is 10.0 Å². The fraction of sp³-hybridized carbons (Fsp3) is 0.174. The molecule has 0 saturated heterocycles. The number of benzene rings is 3. The van der Waals surface area contributed by atoms with E-state index < -0.39 is 15.9 Å². The molecule has 0 aromatic heterocycles. The molecule has 3 aromatic rings. The molecule has 0 aliphatic carbocycles. The number of hydrogen-bond donors (Lipinski definition) is 2. The van der Waals surface area contributed by atoms with Crippen LogP contribution in [0.15, 0.2) is 65.6 Å². The van der Waals surface area contributed by atoms with Gasteiger partial charge in [-0.05, 0) is 67.3 Å². The third-order valence-electron chi connectivity index (χ3n) is 4.77. The van der Waals surface area contributed by atoms with E-state index in [0.29, 0.717) is 11.4 Å². The fourth-order valence-electron chi connectivity index (χ4n) is 3.04. The van der Waals surface area contributed by atoms with E-state index in [1.54, 1.807) is 6.07 Å². The molecule has 0 saturated carbocycles. The minimum Gasteiger partial charge on any atom is -0.322 e. The molecular formula is C23H23ClN2O3S. The Kier molecular flexibility index (Phi) is 6.48. The highest BCUT2D eigenvalue weighted by molar-refractivity contribution is 7.92. The van der Waals surface area contributed by atoms with Crippen molar-refractivity contribution in [1.82, 2.24) is 0 Å². The van der Waals surface area contributed by atoms with Crippen LogP contribution in [0.3, 0.4) is 0 Å². The molecule has 0 heterocycles.